The first-order valence-electron chi connectivity index (χ1n) is 3.30. The van der Waals surface area contributed by atoms with Crippen LogP contribution in [-0.2, 0) is 4.79 Å². The van der Waals surface area contributed by atoms with Gasteiger partial charge in [0.15, 0.2) is 0 Å². The first kappa shape index (κ1) is 9.39. The van der Waals surface area contributed by atoms with Crippen LogP contribution in [0, 0.1) is 0 Å². The minimum atomic E-state index is -0.855. The van der Waals surface area contributed by atoms with Gasteiger partial charge in [-0.3, -0.25) is 10.6 Å². The maximum atomic E-state index is 10.4. The Balaban J connectivity index is 3.85. The summed E-state index contributed by atoms with van der Waals surface area (Å²) in [7, 11) is 1.56. The van der Waals surface area contributed by atoms with Gasteiger partial charge in [0, 0.05) is 7.05 Å². The van der Waals surface area contributed by atoms with Gasteiger partial charge in [-0.2, -0.15) is 0 Å². The van der Waals surface area contributed by atoms with Crippen LogP contribution in [-0.4, -0.2) is 29.2 Å². The molecule has 0 rings (SSSR count). The summed E-state index contributed by atoms with van der Waals surface area (Å²) in [5.74, 6) is 4.42. The summed E-state index contributed by atoms with van der Waals surface area (Å²) in [4.78, 5) is 10.4. The van der Waals surface area contributed by atoms with Crippen LogP contribution < -0.4 is 5.84 Å². The first-order chi connectivity index (χ1) is 4.59. The molecule has 0 aliphatic heterocycles. The highest BCUT2D eigenvalue weighted by Gasteiger charge is 2.18. The van der Waals surface area contributed by atoms with Crippen molar-refractivity contribution in [1.29, 1.82) is 0 Å². The molecule has 0 fully saturated rings. The van der Waals surface area contributed by atoms with Crippen molar-refractivity contribution in [3.8, 4) is 0 Å². The molecule has 0 radical (unpaired) electrons. The summed E-state index contributed by atoms with van der Waals surface area (Å²) < 4.78 is 0. The Hall–Kier alpha value is -0.610. The Labute approximate surface area is 60.6 Å². The van der Waals surface area contributed by atoms with Crippen LogP contribution in [0.2, 0.25) is 0 Å². The molecule has 60 valence electrons. The average Bonchev–Trinajstić information content (AvgIpc) is 1.81. The molecule has 3 N–H and O–H groups in total. The maximum Gasteiger partial charge on any atom is 0.322 e. The molecule has 0 saturated carbocycles. The lowest BCUT2D eigenvalue weighted by Crippen LogP contribution is -2.42. The number of carboxylic acid groups (broad SMARTS) is 1. The van der Waals surface area contributed by atoms with Crippen molar-refractivity contribution in [3.05, 3.63) is 0 Å². The molecule has 0 bridgehead atoms. The third-order valence-corrected chi connectivity index (χ3v) is 1.34. The molecule has 0 aromatic carbocycles. The topological polar surface area (TPSA) is 66.6 Å². The zero-order valence-corrected chi connectivity index (χ0v) is 6.37. The maximum absolute atomic E-state index is 10.4. The molecule has 0 amide bonds. The SMILES string of the molecule is CCCC(C(=O)O)N(C)N. The lowest BCUT2D eigenvalue weighted by atomic mass is 10.2. The minimum absolute atomic E-state index is 0.537. The fraction of sp³-hybridized carbons (Fsp3) is 0.833. The van der Waals surface area contributed by atoms with Crippen molar-refractivity contribution in [1.82, 2.24) is 5.01 Å². The quantitative estimate of drug-likeness (QED) is 0.434. The Kier molecular flexibility index (Phi) is 3.99. The van der Waals surface area contributed by atoms with Crippen LogP contribution in [0.1, 0.15) is 19.8 Å². The summed E-state index contributed by atoms with van der Waals surface area (Å²) in [5.41, 5.74) is 0. The van der Waals surface area contributed by atoms with Crippen molar-refractivity contribution < 1.29 is 9.90 Å². The Morgan fingerprint density at radius 2 is 2.30 bits per heavy atom. The van der Waals surface area contributed by atoms with E-state index < -0.39 is 12.0 Å². The number of carbonyl (C=O) groups is 1. The van der Waals surface area contributed by atoms with E-state index in [4.69, 9.17) is 10.9 Å². The van der Waals surface area contributed by atoms with Crippen molar-refractivity contribution in [2.24, 2.45) is 5.84 Å². The van der Waals surface area contributed by atoms with E-state index in [2.05, 4.69) is 0 Å². The largest absolute Gasteiger partial charge is 0.480 e. The number of hydrogen-bond acceptors (Lipinski definition) is 3. The predicted molar refractivity (Wildman–Crippen MR) is 38.3 cm³/mol. The van der Waals surface area contributed by atoms with Crippen LogP contribution in [0.3, 0.4) is 0 Å². The molecule has 0 aromatic rings. The minimum Gasteiger partial charge on any atom is -0.480 e. The van der Waals surface area contributed by atoms with E-state index in [-0.39, 0.29) is 0 Å². The summed E-state index contributed by atoms with van der Waals surface area (Å²) in [5, 5.41) is 9.78. The van der Waals surface area contributed by atoms with Crippen molar-refractivity contribution in [3.63, 3.8) is 0 Å². The van der Waals surface area contributed by atoms with Gasteiger partial charge in [0.25, 0.3) is 0 Å². The molecule has 0 saturated heterocycles. The second-order valence-corrected chi connectivity index (χ2v) is 2.31. The second-order valence-electron chi connectivity index (χ2n) is 2.31. The predicted octanol–water partition coefficient (Wildman–Crippen LogP) is 0.0452. The van der Waals surface area contributed by atoms with E-state index in [1.807, 2.05) is 6.92 Å². The van der Waals surface area contributed by atoms with Crippen LogP contribution >= 0.6 is 0 Å². The van der Waals surface area contributed by atoms with E-state index in [1.54, 1.807) is 7.05 Å². The molecular formula is C6H14N2O2. The summed E-state index contributed by atoms with van der Waals surface area (Å²) >= 11 is 0. The number of nitrogens with two attached hydrogens (primary N) is 1. The molecule has 0 aromatic heterocycles. The summed E-state index contributed by atoms with van der Waals surface area (Å²) in [6.07, 6.45) is 1.43. The van der Waals surface area contributed by atoms with Crippen LogP contribution in [0.4, 0.5) is 0 Å². The summed E-state index contributed by atoms with van der Waals surface area (Å²) in [6.45, 7) is 1.93. The number of carboxylic acids is 1. The number of hydrogen-bond donors (Lipinski definition) is 2. The van der Waals surface area contributed by atoms with Gasteiger partial charge in [-0.1, -0.05) is 13.3 Å². The highest BCUT2D eigenvalue weighted by atomic mass is 16.4. The first-order valence-corrected chi connectivity index (χ1v) is 3.30. The molecule has 1 unspecified atom stereocenters. The molecule has 0 spiro atoms. The molecule has 0 aliphatic carbocycles. The van der Waals surface area contributed by atoms with Crippen molar-refractivity contribution in [2.45, 2.75) is 25.8 Å². The molecule has 0 heterocycles. The number of nitrogens with zero attached hydrogens (tertiary/aromatic N) is 1. The van der Waals surface area contributed by atoms with E-state index >= 15 is 0 Å². The smallest absolute Gasteiger partial charge is 0.322 e. The number of rotatable bonds is 4. The van der Waals surface area contributed by atoms with Gasteiger partial charge in [0.1, 0.15) is 6.04 Å². The molecular weight excluding hydrogens is 132 g/mol. The monoisotopic (exact) mass is 146 g/mol. The van der Waals surface area contributed by atoms with Gasteiger partial charge in [-0.15, -0.1) is 0 Å². The molecule has 0 aliphatic rings. The van der Waals surface area contributed by atoms with Gasteiger partial charge in [-0.25, -0.2) is 5.01 Å². The van der Waals surface area contributed by atoms with Crippen LogP contribution in [0.15, 0.2) is 0 Å². The van der Waals surface area contributed by atoms with E-state index in [0.717, 1.165) is 6.42 Å². The van der Waals surface area contributed by atoms with Gasteiger partial charge in [-0.05, 0) is 6.42 Å². The van der Waals surface area contributed by atoms with Gasteiger partial charge < -0.3 is 5.11 Å². The highest BCUT2D eigenvalue weighted by Crippen LogP contribution is 2.00. The summed E-state index contributed by atoms with van der Waals surface area (Å²) in [6, 6.07) is -0.537. The Morgan fingerprint density at radius 1 is 1.80 bits per heavy atom. The van der Waals surface area contributed by atoms with E-state index in [1.165, 1.54) is 5.01 Å². The zero-order valence-electron chi connectivity index (χ0n) is 6.37. The van der Waals surface area contributed by atoms with E-state index in [0.29, 0.717) is 6.42 Å². The molecule has 4 nitrogen and oxygen atoms in total. The van der Waals surface area contributed by atoms with Gasteiger partial charge in [0.05, 0.1) is 0 Å². The molecule has 1 atom stereocenters. The fourth-order valence-corrected chi connectivity index (χ4v) is 0.775. The lowest BCUT2D eigenvalue weighted by molar-refractivity contribution is -0.143. The second kappa shape index (κ2) is 4.24. The normalized spacial score (nSPS) is 13.6. The highest BCUT2D eigenvalue weighted by molar-refractivity contribution is 5.73. The molecule has 10 heavy (non-hydrogen) atoms. The standard InChI is InChI=1S/C6H14N2O2/c1-3-4-5(6(9)10)8(2)7/h5H,3-4,7H2,1-2H3,(H,9,10). The lowest BCUT2D eigenvalue weighted by Gasteiger charge is -2.18. The molecule has 4 heteroatoms. The van der Waals surface area contributed by atoms with Crippen LogP contribution in [0.25, 0.3) is 0 Å². The number of hydrazine groups is 1. The van der Waals surface area contributed by atoms with Gasteiger partial charge in [0.2, 0.25) is 0 Å². The van der Waals surface area contributed by atoms with Crippen LogP contribution in [0.5, 0.6) is 0 Å². The zero-order chi connectivity index (χ0) is 8.15. The number of aliphatic carboxylic acids is 1. The average molecular weight is 146 g/mol. The third-order valence-electron chi connectivity index (χ3n) is 1.34. The number of likely N-dealkylation sites (N-methyl/N-ethyl adjacent to an activating group) is 1. The van der Waals surface area contributed by atoms with E-state index in [9.17, 15) is 4.79 Å². The Morgan fingerprint density at radius 3 is 2.40 bits per heavy atom. The Bertz CT molecular complexity index is 114. The third kappa shape index (κ3) is 2.80. The van der Waals surface area contributed by atoms with Gasteiger partial charge >= 0.3 is 5.97 Å². The van der Waals surface area contributed by atoms with Crippen molar-refractivity contribution in [2.75, 3.05) is 7.05 Å². The van der Waals surface area contributed by atoms with Crippen molar-refractivity contribution >= 4 is 5.97 Å². The fourth-order valence-electron chi connectivity index (χ4n) is 0.775.